The number of carbonyl (C=O) groups is 1. The van der Waals surface area contributed by atoms with Gasteiger partial charge in [-0.1, -0.05) is 18.2 Å². The number of amides is 1. The highest BCUT2D eigenvalue weighted by Gasteiger charge is 2.27. The van der Waals surface area contributed by atoms with E-state index in [4.69, 9.17) is 15.9 Å². The molecule has 2 aromatic heterocycles. The summed E-state index contributed by atoms with van der Waals surface area (Å²) < 4.78 is 6.39. The fraction of sp³-hybridized carbons (Fsp3) is 0.333. The molecular formula is C21H25N5O2S. The molecule has 1 unspecified atom stereocenters. The third-order valence-electron chi connectivity index (χ3n) is 5.40. The van der Waals surface area contributed by atoms with Gasteiger partial charge in [0.25, 0.3) is 0 Å². The Morgan fingerprint density at radius 2 is 2.03 bits per heavy atom. The van der Waals surface area contributed by atoms with Crippen molar-refractivity contribution in [2.75, 3.05) is 44.0 Å². The zero-order valence-corrected chi connectivity index (χ0v) is 17.4. The first-order chi connectivity index (χ1) is 14.0. The van der Waals surface area contributed by atoms with Gasteiger partial charge in [0, 0.05) is 31.4 Å². The van der Waals surface area contributed by atoms with Gasteiger partial charge in [-0.2, -0.15) is 0 Å². The van der Waals surface area contributed by atoms with Gasteiger partial charge < -0.3 is 20.4 Å². The number of anilines is 2. The summed E-state index contributed by atoms with van der Waals surface area (Å²) in [6.07, 6.45) is 0. The molecule has 3 aromatic rings. The van der Waals surface area contributed by atoms with Crippen molar-refractivity contribution in [3.05, 3.63) is 47.7 Å². The first-order valence-electron chi connectivity index (χ1n) is 9.61. The van der Waals surface area contributed by atoms with E-state index in [0.717, 1.165) is 28.3 Å². The topological polar surface area (TPSA) is 98.4 Å². The van der Waals surface area contributed by atoms with Crippen molar-refractivity contribution in [1.29, 1.82) is 5.41 Å². The number of aromatic amines is 1. The molecule has 1 atom stereocenters. The van der Waals surface area contributed by atoms with E-state index in [0.29, 0.717) is 35.9 Å². The van der Waals surface area contributed by atoms with Gasteiger partial charge in [-0.05, 0) is 25.1 Å². The normalized spacial score (nSPS) is 16.1. The number of H-pyrrole nitrogens is 1. The number of hydrogen-bond acceptors (Lipinski definition) is 6. The number of morpholine rings is 1. The number of nitrogens with one attached hydrogen (secondary N) is 2. The second-order valence-corrected chi connectivity index (χ2v) is 8.29. The van der Waals surface area contributed by atoms with Crippen molar-refractivity contribution in [2.24, 2.45) is 0 Å². The molecule has 1 saturated heterocycles. The van der Waals surface area contributed by atoms with Crippen LogP contribution in [0.1, 0.15) is 18.2 Å². The number of benzene rings is 1. The molecule has 0 radical (unpaired) electrons. The highest BCUT2D eigenvalue weighted by molar-refractivity contribution is 7.23. The summed E-state index contributed by atoms with van der Waals surface area (Å²) >= 11 is 1.54. The van der Waals surface area contributed by atoms with E-state index >= 15 is 0 Å². The van der Waals surface area contributed by atoms with E-state index in [1.54, 1.807) is 11.0 Å². The number of nitrogens with zero attached hydrogens (tertiary/aromatic N) is 2. The van der Waals surface area contributed by atoms with Crippen LogP contribution in [0.5, 0.6) is 0 Å². The highest BCUT2D eigenvalue weighted by atomic mass is 32.1. The molecule has 0 saturated carbocycles. The molecule has 3 heterocycles. The Labute approximate surface area is 173 Å². The van der Waals surface area contributed by atoms with Crippen LogP contribution in [0, 0.1) is 5.41 Å². The van der Waals surface area contributed by atoms with Gasteiger partial charge in [-0.25, -0.2) is 0 Å². The van der Waals surface area contributed by atoms with Gasteiger partial charge >= 0.3 is 0 Å². The van der Waals surface area contributed by atoms with Crippen LogP contribution in [-0.4, -0.2) is 60.9 Å². The van der Waals surface area contributed by atoms with Gasteiger partial charge in [0.1, 0.15) is 5.00 Å². The minimum absolute atomic E-state index is 0.0702. The largest absolute Gasteiger partial charge is 0.398 e. The van der Waals surface area contributed by atoms with Crippen LogP contribution in [0.15, 0.2) is 36.4 Å². The minimum Gasteiger partial charge on any atom is -0.398 e. The molecule has 1 aliphatic rings. The number of nitrogens with two attached hydrogens (primary N) is 1. The number of hydrogen-bond donors (Lipinski definition) is 3. The molecule has 8 heteroatoms. The summed E-state index contributed by atoms with van der Waals surface area (Å²) in [5.41, 5.74) is 9.28. The van der Waals surface area contributed by atoms with E-state index in [1.165, 1.54) is 11.3 Å². The van der Waals surface area contributed by atoms with Crippen molar-refractivity contribution in [3.8, 4) is 0 Å². The maximum absolute atomic E-state index is 12.9. The lowest BCUT2D eigenvalue weighted by Crippen LogP contribution is -2.50. The molecule has 0 spiro atoms. The number of likely N-dealkylation sites (N-methyl/N-ethyl adjacent to an activating group) is 1. The maximum atomic E-state index is 12.9. The summed E-state index contributed by atoms with van der Waals surface area (Å²) in [5, 5.41) is 9.36. The van der Waals surface area contributed by atoms with Crippen molar-refractivity contribution >= 4 is 43.9 Å². The standard InChI is InChI=1S/C21H25N5O2S/c1-13(26-7-9-28-10-8-26)21(27)25(2)19-12-16-18(29-19)11-17(24-16)20(23)14-5-3-4-6-15(14)22/h3-6,11-13,23-24H,7-10,22H2,1-2H3. The molecule has 0 bridgehead atoms. The lowest BCUT2D eigenvalue weighted by molar-refractivity contribution is -0.124. The Balaban J connectivity index is 1.52. The van der Waals surface area contributed by atoms with E-state index in [2.05, 4.69) is 9.88 Å². The van der Waals surface area contributed by atoms with Gasteiger partial charge in [-0.15, -0.1) is 11.3 Å². The predicted molar refractivity (Wildman–Crippen MR) is 118 cm³/mol. The lowest BCUT2D eigenvalue weighted by atomic mass is 10.1. The number of nitrogen functional groups attached to an aromatic ring is 1. The van der Waals surface area contributed by atoms with Crippen molar-refractivity contribution in [2.45, 2.75) is 13.0 Å². The summed E-state index contributed by atoms with van der Waals surface area (Å²) in [5.74, 6) is 0.0702. The third-order valence-corrected chi connectivity index (χ3v) is 6.56. The third kappa shape index (κ3) is 3.78. The fourth-order valence-corrected chi connectivity index (χ4v) is 4.61. The quantitative estimate of drug-likeness (QED) is 0.444. The number of carbonyl (C=O) groups excluding carboxylic acids is 1. The summed E-state index contributed by atoms with van der Waals surface area (Å²) in [6, 6.07) is 11.1. The second kappa shape index (κ2) is 7.98. The number of aromatic nitrogens is 1. The van der Waals surface area contributed by atoms with Crippen LogP contribution in [0.3, 0.4) is 0 Å². The SMILES string of the molecule is CC(C(=O)N(C)c1cc2[nH]c(C(=N)c3ccccc3N)cc2s1)N1CCOCC1. The molecule has 0 aliphatic carbocycles. The number of para-hydroxylation sites is 1. The Hall–Kier alpha value is -2.68. The minimum atomic E-state index is -0.186. The second-order valence-electron chi connectivity index (χ2n) is 7.23. The van der Waals surface area contributed by atoms with E-state index in [1.807, 2.05) is 44.3 Å². The zero-order valence-electron chi connectivity index (χ0n) is 16.6. The highest BCUT2D eigenvalue weighted by Crippen LogP contribution is 2.33. The lowest BCUT2D eigenvalue weighted by Gasteiger charge is -2.33. The van der Waals surface area contributed by atoms with Gasteiger partial charge in [0.15, 0.2) is 0 Å². The number of rotatable bonds is 5. The Kier molecular flexibility index (Phi) is 5.40. The smallest absolute Gasteiger partial charge is 0.244 e. The van der Waals surface area contributed by atoms with Gasteiger partial charge in [-0.3, -0.25) is 15.1 Å². The predicted octanol–water partition coefficient (Wildman–Crippen LogP) is 2.91. The first-order valence-corrected chi connectivity index (χ1v) is 10.4. The molecule has 4 N–H and O–H groups in total. The molecule has 4 rings (SSSR count). The molecule has 29 heavy (non-hydrogen) atoms. The van der Waals surface area contributed by atoms with E-state index < -0.39 is 0 Å². The Morgan fingerprint density at radius 3 is 2.72 bits per heavy atom. The molecule has 1 fully saturated rings. The van der Waals surface area contributed by atoms with Crippen LogP contribution in [0.4, 0.5) is 10.7 Å². The van der Waals surface area contributed by atoms with Crippen LogP contribution >= 0.6 is 11.3 Å². The zero-order chi connectivity index (χ0) is 20.5. The van der Waals surface area contributed by atoms with Crippen molar-refractivity contribution in [1.82, 2.24) is 9.88 Å². The Bertz CT molecular complexity index is 1020. The van der Waals surface area contributed by atoms with Crippen molar-refractivity contribution in [3.63, 3.8) is 0 Å². The number of fused-ring (bicyclic) bond motifs is 1. The van der Waals surface area contributed by atoms with Gasteiger partial charge in [0.05, 0.1) is 40.9 Å². The fourth-order valence-electron chi connectivity index (χ4n) is 3.59. The Morgan fingerprint density at radius 1 is 1.31 bits per heavy atom. The van der Waals surface area contributed by atoms with E-state index in [9.17, 15) is 4.79 Å². The molecule has 1 aromatic carbocycles. The number of thiophene rings is 1. The van der Waals surface area contributed by atoms with Gasteiger partial charge in [0.2, 0.25) is 5.91 Å². The van der Waals surface area contributed by atoms with E-state index in [-0.39, 0.29) is 11.9 Å². The average Bonchev–Trinajstić information content (AvgIpc) is 3.32. The average molecular weight is 412 g/mol. The van der Waals surface area contributed by atoms with Crippen LogP contribution in [-0.2, 0) is 9.53 Å². The summed E-state index contributed by atoms with van der Waals surface area (Å²) in [7, 11) is 1.82. The van der Waals surface area contributed by atoms with Crippen LogP contribution in [0.2, 0.25) is 0 Å². The summed E-state index contributed by atoms with van der Waals surface area (Å²) in [6.45, 7) is 4.85. The van der Waals surface area contributed by atoms with Crippen LogP contribution in [0.25, 0.3) is 10.2 Å². The first kappa shape index (κ1) is 19.6. The molecular weight excluding hydrogens is 386 g/mol. The molecule has 1 aliphatic heterocycles. The summed E-state index contributed by atoms with van der Waals surface area (Å²) in [4.78, 5) is 20.1. The molecule has 152 valence electrons. The van der Waals surface area contributed by atoms with Crippen LogP contribution < -0.4 is 10.6 Å². The molecule has 1 amide bonds. The maximum Gasteiger partial charge on any atom is 0.244 e. The van der Waals surface area contributed by atoms with Crippen molar-refractivity contribution < 1.29 is 9.53 Å². The number of ether oxygens (including phenoxy) is 1. The molecule has 7 nitrogen and oxygen atoms in total. The monoisotopic (exact) mass is 411 g/mol.